The molecule has 2 aromatic rings. The lowest BCUT2D eigenvalue weighted by atomic mass is 10.0. The van der Waals surface area contributed by atoms with E-state index in [0.717, 1.165) is 16.7 Å². The molecular weight excluding hydrogens is 218 g/mol. The Labute approximate surface area is 99.6 Å². The Morgan fingerprint density at radius 2 is 2.29 bits per heavy atom. The summed E-state index contributed by atoms with van der Waals surface area (Å²) in [5, 5.41) is 12.2. The van der Waals surface area contributed by atoms with Gasteiger partial charge in [0.1, 0.15) is 5.52 Å². The molecule has 17 heavy (non-hydrogen) atoms. The molecule has 0 aliphatic heterocycles. The van der Waals surface area contributed by atoms with Crippen LogP contribution in [0.4, 0.5) is 0 Å². The summed E-state index contributed by atoms with van der Waals surface area (Å²) in [5.74, 6) is 0.643. The third-order valence-corrected chi connectivity index (χ3v) is 2.83. The Kier molecular flexibility index (Phi) is 3.42. The molecule has 0 radical (unpaired) electrons. The average Bonchev–Trinajstić information content (AvgIpc) is 2.69. The number of aryl methyl sites for hydroxylation is 1. The second-order valence-electron chi connectivity index (χ2n) is 4.07. The maximum atomic E-state index is 9.12. The van der Waals surface area contributed by atoms with Gasteiger partial charge in [0.05, 0.1) is 6.61 Å². The van der Waals surface area contributed by atoms with E-state index < -0.39 is 0 Å². The van der Waals surface area contributed by atoms with Crippen molar-refractivity contribution in [3.05, 3.63) is 29.7 Å². The maximum Gasteiger partial charge on any atom is 0.192 e. The molecule has 0 fully saturated rings. The van der Waals surface area contributed by atoms with Crippen LogP contribution in [0.1, 0.15) is 17.5 Å². The van der Waals surface area contributed by atoms with Crippen molar-refractivity contribution in [2.45, 2.75) is 19.0 Å². The predicted molar refractivity (Wildman–Crippen MR) is 65.6 cm³/mol. The average molecular weight is 235 g/mol. The highest BCUT2D eigenvalue weighted by atomic mass is 16.3. The van der Waals surface area contributed by atoms with E-state index >= 15 is 0 Å². The van der Waals surface area contributed by atoms with Crippen LogP contribution in [0.2, 0.25) is 0 Å². The molecule has 2 atom stereocenters. The summed E-state index contributed by atoms with van der Waals surface area (Å²) in [5.41, 5.74) is 8.42. The number of aliphatic hydroxyl groups excluding tert-OH is 1. The van der Waals surface area contributed by atoms with Gasteiger partial charge in [-0.15, -0.1) is 0 Å². The highest BCUT2D eigenvalue weighted by Gasteiger charge is 2.18. The molecule has 0 saturated heterocycles. The fraction of sp³-hybridized carbons (Fsp3) is 0.417. The molecule has 2 unspecified atom stereocenters. The smallest absolute Gasteiger partial charge is 0.192 e. The topological polar surface area (TPSA) is 84.3 Å². The van der Waals surface area contributed by atoms with Crippen molar-refractivity contribution >= 4 is 11.1 Å². The molecule has 4 N–H and O–H groups in total. The minimum atomic E-state index is -0.342. The number of rotatable bonds is 4. The zero-order valence-corrected chi connectivity index (χ0v) is 9.97. The van der Waals surface area contributed by atoms with Crippen LogP contribution in [0.3, 0.4) is 0 Å². The number of nitrogens with two attached hydrogens (primary N) is 1. The third-order valence-electron chi connectivity index (χ3n) is 2.83. The molecule has 2 rings (SSSR count). The van der Waals surface area contributed by atoms with Gasteiger partial charge in [0, 0.05) is 19.0 Å². The summed E-state index contributed by atoms with van der Waals surface area (Å²) in [6.07, 6.45) is 0. The number of oxazole rings is 1. The van der Waals surface area contributed by atoms with Crippen LogP contribution in [0, 0.1) is 6.92 Å². The first-order chi connectivity index (χ1) is 8.15. The van der Waals surface area contributed by atoms with Crippen LogP contribution in [-0.4, -0.2) is 29.8 Å². The molecule has 0 bridgehead atoms. The molecule has 5 nitrogen and oxygen atoms in total. The van der Waals surface area contributed by atoms with Gasteiger partial charge >= 0.3 is 0 Å². The Hall–Kier alpha value is -1.43. The summed E-state index contributed by atoms with van der Waals surface area (Å²) < 4.78 is 5.41. The lowest BCUT2D eigenvalue weighted by Gasteiger charge is -2.21. The number of benzene rings is 1. The van der Waals surface area contributed by atoms with E-state index in [4.69, 9.17) is 15.3 Å². The number of nitrogens with one attached hydrogen (secondary N) is 1. The zero-order valence-electron chi connectivity index (χ0n) is 9.97. The van der Waals surface area contributed by atoms with E-state index in [0.29, 0.717) is 5.89 Å². The zero-order chi connectivity index (χ0) is 12.4. The van der Waals surface area contributed by atoms with E-state index in [1.807, 2.05) is 32.2 Å². The van der Waals surface area contributed by atoms with E-state index in [1.54, 1.807) is 0 Å². The fourth-order valence-corrected chi connectivity index (χ4v) is 1.99. The van der Waals surface area contributed by atoms with E-state index in [9.17, 15) is 0 Å². The quantitative estimate of drug-likeness (QED) is 0.727. The Balaban J connectivity index is 2.40. The van der Waals surface area contributed by atoms with Crippen molar-refractivity contribution in [1.29, 1.82) is 0 Å². The van der Waals surface area contributed by atoms with Crippen molar-refractivity contribution in [2.75, 3.05) is 13.7 Å². The first kappa shape index (κ1) is 12.0. The Morgan fingerprint density at radius 3 is 2.94 bits per heavy atom. The molecule has 1 aromatic heterocycles. The molecule has 0 aliphatic rings. The second kappa shape index (κ2) is 4.83. The number of hydrogen-bond acceptors (Lipinski definition) is 5. The van der Waals surface area contributed by atoms with Crippen molar-refractivity contribution in [1.82, 2.24) is 10.3 Å². The number of aliphatic hydroxyl groups is 1. The van der Waals surface area contributed by atoms with E-state index in [-0.39, 0.29) is 18.7 Å². The summed E-state index contributed by atoms with van der Waals surface area (Å²) >= 11 is 0. The SMILES string of the molecule is CNC(c1ccc2oc(C)nc2c1)C(N)CO. The van der Waals surface area contributed by atoms with Crippen LogP contribution in [0.15, 0.2) is 22.6 Å². The van der Waals surface area contributed by atoms with Gasteiger partial charge in [0.25, 0.3) is 0 Å². The van der Waals surface area contributed by atoms with Crippen molar-refractivity contribution in [2.24, 2.45) is 5.73 Å². The Bertz CT molecular complexity index is 509. The van der Waals surface area contributed by atoms with Gasteiger partial charge in [-0.3, -0.25) is 0 Å². The number of likely N-dealkylation sites (N-methyl/N-ethyl adjacent to an activating group) is 1. The standard InChI is InChI=1S/C12H17N3O2/c1-7-15-10-5-8(3-4-11(10)17-7)12(14-2)9(13)6-16/h3-5,9,12,14,16H,6,13H2,1-2H3. The second-order valence-corrected chi connectivity index (χ2v) is 4.07. The van der Waals surface area contributed by atoms with E-state index in [1.165, 1.54) is 0 Å². The van der Waals surface area contributed by atoms with Gasteiger partial charge < -0.3 is 20.6 Å². The summed E-state index contributed by atoms with van der Waals surface area (Å²) in [7, 11) is 1.82. The van der Waals surface area contributed by atoms with Crippen molar-refractivity contribution < 1.29 is 9.52 Å². The number of aromatic nitrogens is 1. The lowest BCUT2D eigenvalue weighted by molar-refractivity contribution is 0.240. The fourth-order valence-electron chi connectivity index (χ4n) is 1.99. The van der Waals surface area contributed by atoms with Crippen LogP contribution in [0.25, 0.3) is 11.1 Å². The maximum absolute atomic E-state index is 9.12. The summed E-state index contributed by atoms with van der Waals surface area (Å²) in [6, 6.07) is 5.30. The van der Waals surface area contributed by atoms with Crippen molar-refractivity contribution in [3.8, 4) is 0 Å². The van der Waals surface area contributed by atoms with Gasteiger partial charge in [0.15, 0.2) is 11.5 Å². The monoisotopic (exact) mass is 235 g/mol. The molecule has 5 heteroatoms. The number of nitrogens with zero attached hydrogens (tertiary/aromatic N) is 1. The van der Waals surface area contributed by atoms with Gasteiger partial charge in [0.2, 0.25) is 0 Å². The van der Waals surface area contributed by atoms with Gasteiger partial charge in [-0.1, -0.05) is 6.07 Å². The number of fused-ring (bicyclic) bond motifs is 1. The van der Waals surface area contributed by atoms with E-state index in [2.05, 4.69) is 10.3 Å². The normalized spacial score (nSPS) is 15.1. The minimum Gasteiger partial charge on any atom is -0.441 e. The summed E-state index contributed by atoms with van der Waals surface area (Å²) in [4.78, 5) is 4.28. The predicted octanol–water partition coefficient (Wildman–Crippen LogP) is 0.716. The molecular formula is C12H17N3O2. The summed E-state index contributed by atoms with van der Waals surface area (Å²) in [6.45, 7) is 1.75. The van der Waals surface area contributed by atoms with Crippen LogP contribution >= 0.6 is 0 Å². The number of hydrogen-bond donors (Lipinski definition) is 3. The third kappa shape index (κ3) is 2.31. The van der Waals surface area contributed by atoms with Gasteiger partial charge in [-0.25, -0.2) is 4.98 Å². The van der Waals surface area contributed by atoms with Gasteiger partial charge in [-0.05, 0) is 24.7 Å². The Morgan fingerprint density at radius 1 is 1.53 bits per heavy atom. The van der Waals surface area contributed by atoms with Crippen LogP contribution < -0.4 is 11.1 Å². The molecule has 92 valence electrons. The largest absolute Gasteiger partial charge is 0.441 e. The van der Waals surface area contributed by atoms with Gasteiger partial charge in [-0.2, -0.15) is 0 Å². The van der Waals surface area contributed by atoms with Crippen molar-refractivity contribution in [3.63, 3.8) is 0 Å². The molecule has 1 heterocycles. The molecule has 0 aliphatic carbocycles. The molecule has 0 amide bonds. The molecule has 1 aromatic carbocycles. The first-order valence-corrected chi connectivity index (χ1v) is 5.56. The lowest BCUT2D eigenvalue weighted by Crippen LogP contribution is -2.38. The first-order valence-electron chi connectivity index (χ1n) is 5.56. The highest BCUT2D eigenvalue weighted by molar-refractivity contribution is 5.73. The molecule has 0 saturated carbocycles. The molecule has 0 spiro atoms. The highest BCUT2D eigenvalue weighted by Crippen LogP contribution is 2.22. The van der Waals surface area contributed by atoms with Crippen LogP contribution in [0.5, 0.6) is 0 Å². The van der Waals surface area contributed by atoms with Crippen LogP contribution in [-0.2, 0) is 0 Å². The minimum absolute atomic E-state index is 0.0681.